The number of hydrogen-bond donors (Lipinski definition) is 2. The molecule has 3 heteroatoms. The van der Waals surface area contributed by atoms with E-state index in [1.54, 1.807) is 0 Å². The number of rotatable bonds is 6. The highest BCUT2D eigenvalue weighted by atomic mass is 16.3. The van der Waals surface area contributed by atoms with Crippen LogP contribution in [0.15, 0.2) is 0 Å². The largest absolute Gasteiger partial charge is 0.395 e. The van der Waals surface area contributed by atoms with Crippen LogP contribution in [0.25, 0.3) is 0 Å². The molecule has 0 aliphatic rings. The minimum Gasteiger partial charge on any atom is -0.395 e. The maximum Gasteiger partial charge on any atom is 0.0570 e. The maximum absolute atomic E-state index is 8.49. The van der Waals surface area contributed by atoms with Gasteiger partial charge in [-0.2, -0.15) is 0 Å². The summed E-state index contributed by atoms with van der Waals surface area (Å²) >= 11 is 0. The van der Waals surface area contributed by atoms with Gasteiger partial charge < -0.3 is 5.11 Å². The highest BCUT2D eigenvalue weighted by Crippen LogP contribution is 1.83. The third-order valence-electron chi connectivity index (χ3n) is 1.32. The lowest BCUT2D eigenvalue weighted by molar-refractivity contribution is 0.171. The molecule has 0 radical (unpaired) electrons. The first-order valence-electron chi connectivity index (χ1n) is 3.94. The van der Waals surface area contributed by atoms with Gasteiger partial charge in [-0.25, -0.2) is 5.01 Å². The van der Waals surface area contributed by atoms with Crippen LogP contribution in [0.2, 0.25) is 0 Å². The summed E-state index contributed by atoms with van der Waals surface area (Å²) in [5, 5.41) is 10.6. The van der Waals surface area contributed by atoms with E-state index in [1.165, 1.54) is 0 Å². The van der Waals surface area contributed by atoms with Gasteiger partial charge in [0.25, 0.3) is 0 Å². The average Bonchev–Trinajstić information content (AvgIpc) is 1.98. The fourth-order valence-corrected chi connectivity index (χ4v) is 0.827. The molecule has 0 aromatic heterocycles. The molecule has 0 aliphatic carbocycles. The number of nitrogens with one attached hydrogen (secondary N) is 1. The van der Waals surface area contributed by atoms with E-state index in [1.807, 2.05) is 0 Å². The zero-order chi connectivity index (χ0) is 7.82. The lowest BCUT2D eigenvalue weighted by atomic mass is 10.4. The molecule has 0 saturated carbocycles. The number of aliphatic hydroxyl groups excluding tert-OH is 1. The summed E-state index contributed by atoms with van der Waals surface area (Å²) in [6.07, 6.45) is 1.15. The van der Waals surface area contributed by atoms with Crippen molar-refractivity contribution in [3.05, 3.63) is 0 Å². The van der Waals surface area contributed by atoms with Crippen LogP contribution in [0.3, 0.4) is 0 Å². The predicted octanol–water partition coefficient (Wildman–Crippen LogP) is 0.215. The Morgan fingerprint density at radius 2 is 2.10 bits per heavy atom. The van der Waals surface area contributed by atoms with Gasteiger partial charge in [-0.3, -0.25) is 5.43 Å². The Hall–Kier alpha value is -0.120. The second-order valence-electron chi connectivity index (χ2n) is 2.21. The predicted molar refractivity (Wildman–Crippen MR) is 42.6 cm³/mol. The van der Waals surface area contributed by atoms with Crippen molar-refractivity contribution in [2.24, 2.45) is 0 Å². The quantitative estimate of drug-likeness (QED) is 0.526. The lowest BCUT2D eigenvalue weighted by Gasteiger charge is -2.19. The molecule has 0 aromatic carbocycles. The van der Waals surface area contributed by atoms with Crippen LogP contribution in [0, 0.1) is 0 Å². The summed E-state index contributed by atoms with van der Waals surface area (Å²) in [4.78, 5) is 0. The second kappa shape index (κ2) is 6.99. The molecule has 0 saturated heterocycles. The zero-order valence-corrected chi connectivity index (χ0v) is 6.93. The maximum atomic E-state index is 8.49. The van der Waals surface area contributed by atoms with E-state index >= 15 is 0 Å². The molecule has 0 aliphatic heterocycles. The van der Waals surface area contributed by atoms with Crippen LogP contribution in [0.1, 0.15) is 20.3 Å². The van der Waals surface area contributed by atoms with Crippen molar-refractivity contribution in [1.29, 1.82) is 0 Å². The minimum absolute atomic E-state index is 0.209. The molecule has 0 bridgehead atoms. The molecular weight excluding hydrogens is 128 g/mol. The first-order chi connectivity index (χ1) is 4.85. The third-order valence-corrected chi connectivity index (χ3v) is 1.32. The van der Waals surface area contributed by atoms with Crippen molar-refractivity contribution in [3.8, 4) is 0 Å². The summed E-state index contributed by atoms with van der Waals surface area (Å²) in [6.45, 7) is 7.15. The van der Waals surface area contributed by atoms with Crippen LogP contribution < -0.4 is 5.43 Å². The van der Waals surface area contributed by atoms with Gasteiger partial charge in [-0.1, -0.05) is 13.8 Å². The molecule has 0 fully saturated rings. The molecule has 3 nitrogen and oxygen atoms in total. The Bertz CT molecular complexity index is 68.6. The van der Waals surface area contributed by atoms with Gasteiger partial charge in [0.2, 0.25) is 0 Å². The molecule has 0 heterocycles. The number of hydrogen-bond acceptors (Lipinski definition) is 3. The fraction of sp³-hybridized carbons (Fsp3) is 1.00. The summed E-state index contributed by atoms with van der Waals surface area (Å²) < 4.78 is 0. The number of aliphatic hydroxyl groups is 1. The molecule has 2 N–H and O–H groups in total. The Morgan fingerprint density at radius 1 is 1.40 bits per heavy atom. The summed E-state index contributed by atoms with van der Waals surface area (Å²) in [5.74, 6) is 0. The van der Waals surface area contributed by atoms with E-state index in [-0.39, 0.29) is 6.61 Å². The average molecular weight is 146 g/mol. The molecule has 10 heavy (non-hydrogen) atoms. The highest BCUT2D eigenvalue weighted by molar-refractivity contribution is 4.46. The lowest BCUT2D eigenvalue weighted by Crippen LogP contribution is -2.39. The van der Waals surface area contributed by atoms with Gasteiger partial charge in [0.1, 0.15) is 0 Å². The van der Waals surface area contributed by atoms with Gasteiger partial charge >= 0.3 is 0 Å². The summed E-state index contributed by atoms with van der Waals surface area (Å²) in [7, 11) is 0. The molecule has 0 rings (SSSR count). The first-order valence-corrected chi connectivity index (χ1v) is 3.94. The first kappa shape index (κ1) is 9.88. The summed E-state index contributed by atoms with van der Waals surface area (Å²) in [5.41, 5.74) is 3.10. The Morgan fingerprint density at radius 3 is 2.50 bits per heavy atom. The van der Waals surface area contributed by atoms with Crippen molar-refractivity contribution >= 4 is 0 Å². The van der Waals surface area contributed by atoms with Crippen LogP contribution in [-0.4, -0.2) is 36.4 Å². The van der Waals surface area contributed by atoms with E-state index in [0.717, 1.165) is 19.5 Å². The molecule has 0 atom stereocenters. The van der Waals surface area contributed by atoms with Gasteiger partial charge in [-0.05, 0) is 6.42 Å². The van der Waals surface area contributed by atoms with Gasteiger partial charge in [0.15, 0.2) is 0 Å². The second-order valence-corrected chi connectivity index (χ2v) is 2.21. The normalized spacial score (nSPS) is 10.8. The van der Waals surface area contributed by atoms with Crippen LogP contribution >= 0.6 is 0 Å². The molecule has 0 amide bonds. The van der Waals surface area contributed by atoms with E-state index in [9.17, 15) is 0 Å². The van der Waals surface area contributed by atoms with Crippen molar-refractivity contribution in [1.82, 2.24) is 10.4 Å². The molecule has 0 unspecified atom stereocenters. The topological polar surface area (TPSA) is 35.5 Å². The van der Waals surface area contributed by atoms with Gasteiger partial charge in [0, 0.05) is 19.6 Å². The summed E-state index contributed by atoms with van der Waals surface area (Å²) in [6, 6.07) is 0. The van der Waals surface area contributed by atoms with E-state index in [0.29, 0.717) is 6.54 Å². The minimum atomic E-state index is 0.209. The fourth-order valence-electron chi connectivity index (χ4n) is 0.827. The monoisotopic (exact) mass is 146 g/mol. The van der Waals surface area contributed by atoms with Crippen LogP contribution in [-0.2, 0) is 0 Å². The van der Waals surface area contributed by atoms with E-state index in [4.69, 9.17) is 5.11 Å². The SMILES string of the molecule is CCCN(CC)NCCO. The number of hydrazine groups is 1. The number of nitrogens with zero attached hydrogens (tertiary/aromatic N) is 1. The van der Waals surface area contributed by atoms with Gasteiger partial charge in [-0.15, -0.1) is 0 Å². The molecule has 62 valence electrons. The highest BCUT2D eigenvalue weighted by Gasteiger charge is 1.96. The Kier molecular flexibility index (Phi) is 6.91. The van der Waals surface area contributed by atoms with Crippen molar-refractivity contribution in [2.45, 2.75) is 20.3 Å². The smallest absolute Gasteiger partial charge is 0.0570 e. The Labute approximate surface area is 63.0 Å². The third kappa shape index (κ3) is 4.73. The Balaban J connectivity index is 3.21. The van der Waals surface area contributed by atoms with Crippen LogP contribution in [0.4, 0.5) is 0 Å². The van der Waals surface area contributed by atoms with E-state index < -0.39 is 0 Å². The molecule has 0 spiro atoms. The van der Waals surface area contributed by atoms with Gasteiger partial charge in [0.05, 0.1) is 6.61 Å². The molecular formula is C7H18N2O. The van der Waals surface area contributed by atoms with E-state index in [2.05, 4.69) is 24.3 Å². The van der Waals surface area contributed by atoms with Crippen molar-refractivity contribution < 1.29 is 5.11 Å². The van der Waals surface area contributed by atoms with Crippen molar-refractivity contribution in [2.75, 3.05) is 26.2 Å². The zero-order valence-electron chi connectivity index (χ0n) is 6.93. The van der Waals surface area contributed by atoms with Crippen molar-refractivity contribution in [3.63, 3.8) is 0 Å². The van der Waals surface area contributed by atoms with Crippen LogP contribution in [0.5, 0.6) is 0 Å². The standard InChI is InChI=1S/C7H18N2O/c1-3-6-9(4-2)8-5-7-10/h8,10H,3-7H2,1-2H3. The molecule has 0 aromatic rings.